The number of fused-ring (bicyclic) bond motifs is 7. The normalized spacial score (nSPS) is 15.9. The Morgan fingerprint density at radius 3 is 2.16 bits per heavy atom. The van der Waals surface area contributed by atoms with Crippen LogP contribution < -0.4 is 4.90 Å². The van der Waals surface area contributed by atoms with Crippen LogP contribution in [0, 0.1) is 0 Å². The standard InChI is InChI=1S/C44H29N5O/c1-3-13-28(14-4-1)29-15-11-16-30(27-29)42-46-43(48-44(47-42)35-22-9-10-26-45-35)34-21-12-20-33-40-38(50-41(33)34)25-24-37-39(40)32-19-7-8-23-36(32)49(37)31-17-5-2-6-18-31/h1-27,37,39H. The lowest BCUT2D eigenvalue weighted by Gasteiger charge is -2.30. The average molecular weight is 644 g/mol. The molecule has 5 aromatic carbocycles. The molecule has 0 saturated carbocycles. The SMILES string of the molecule is C1=CC2C(c3ccccc3N2c2ccccc2)c2c1oc1c(-c3nc(-c4cccc(-c5ccccc5)c4)nc(-c4ccccn4)n3)cccc21. The van der Waals surface area contributed by atoms with Crippen LogP contribution in [0.5, 0.6) is 0 Å². The predicted octanol–water partition coefficient (Wildman–Crippen LogP) is 10.4. The summed E-state index contributed by atoms with van der Waals surface area (Å²) in [5.41, 5.74) is 10.2. The molecule has 0 saturated heterocycles. The number of pyridine rings is 1. The molecule has 0 fully saturated rings. The van der Waals surface area contributed by atoms with Gasteiger partial charge in [0.15, 0.2) is 17.5 Å². The summed E-state index contributed by atoms with van der Waals surface area (Å²) in [7, 11) is 0. The summed E-state index contributed by atoms with van der Waals surface area (Å²) in [4.78, 5) is 22.1. The van der Waals surface area contributed by atoms with Gasteiger partial charge in [0.1, 0.15) is 17.0 Å². The smallest absolute Gasteiger partial charge is 0.182 e. The van der Waals surface area contributed by atoms with Gasteiger partial charge in [-0.1, -0.05) is 109 Å². The van der Waals surface area contributed by atoms with E-state index in [1.165, 1.54) is 22.5 Å². The first-order valence-electron chi connectivity index (χ1n) is 16.8. The van der Waals surface area contributed by atoms with Crippen LogP contribution in [0.15, 0.2) is 162 Å². The minimum Gasteiger partial charge on any atom is -0.456 e. The maximum Gasteiger partial charge on any atom is 0.182 e. The van der Waals surface area contributed by atoms with Gasteiger partial charge in [-0.15, -0.1) is 0 Å². The van der Waals surface area contributed by atoms with Crippen molar-refractivity contribution >= 4 is 28.4 Å². The molecular formula is C44H29N5O. The maximum atomic E-state index is 6.79. The van der Waals surface area contributed by atoms with E-state index < -0.39 is 0 Å². The molecule has 236 valence electrons. The summed E-state index contributed by atoms with van der Waals surface area (Å²) in [6, 6.07) is 50.2. The van der Waals surface area contributed by atoms with Gasteiger partial charge in [-0.3, -0.25) is 4.98 Å². The van der Waals surface area contributed by atoms with E-state index in [2.05, 4.69) is 113 Å². The molecule has 0 spiro atoms. The minimum absolute atomic E-state index is 0.0987. The zero-order chi connectivity index (χ0) is 33.0. The van der Waals surface area contributed by atoms with E-state index in [1.54, 1.807) is 6.20 Å². The molecule has 0 N–H and O–H groups in total. The second kappa shape index (κ2) is 11.5. The maximum absolute atomic E-state index is 6.79. The van der Waals surface area contributed by atoms with Crippen molar-refractivity contribution in [3.8, 4) is 45.4 Å². The van der Waals surface area contributed by atoms with Crippen LogP contribution in [-0.2, 0) is 0 Å². The predicted molar refractivity (Wildman–Crippen MR) is 199 cm³/mol. The van der Waals surface area contributed by atoms with E-state index in [1.807, 2.05) is 54.6 Å². The topological polar surface area (TPSA) is 67.9 Å². The van der Waals surface area contributed by atoms with Crippen LogP contribution in [0.1, 0.15) is 22.8 Å². The van der Waals surface area contributed by atoms with Gasteiger partial charge in [0, 0.05) is 40.0 Å². The average Bonchev–Trinajstić information content (AvgIpc) is 3.74. The number of benzene rings is 5. The van der Waals surface area contributed by atoms with E-state index in [4.69, 9.17) is 19.4 Å². The number of hydrogen-bond acceptors (Lipinski definition) is 6. The molecule has 4 heterocycles. The third-order valence-corrected chi connectivity index (χ3v) is 9.74. The molecule has 3 aromatic heterocycles. The van der Waals surface area contributed by atoms with Gasteiger partial charge >= 0.3 is 0 Å². The zero-order valence-corrected chi connectivity index (χ0v) is 26.9. The fraction of sp³-hybridized carbons (Fsp3) is 0.0455. The molecular weight excluding hydrogens is 615 g/mol. The Morgan fingerprint density at radius 1 is 0.580 bits per heavy atom. The summed E-state index contributed by atoms with van der Waals surface area (Å²) >= 11 is 0. The van der Waals surface area contributed by atoms with E-state index in [0.717, 1.165) is 39.0 Å². The lowest BCUT2D eigenvalue weighted by atomic mass is 9.82. The van der Waals surface area contributed by atoms with Gasteiger partial charge in [-0.05, 0) is 65.2 Å². The Balaban J connectivity index is 1.14. The molecule has 1 aliphatic heterocycles. The van der Waals surface area contributed by atoms with Crippen molar-refractivity contribution in [3.63, 3.8) is 0 Å². The molecule has 2 unspecified atom stereocenters. The molecule has 0 radical (unpaired) electrons. The van der Waals surface area contributed by atoms with E-state index in [9.17, 15) is 0 Å². The highest BCUT2D eigenvalue weighted by atomic mass is 16.3. The van der Waals surface area contributed by atoms with Crippen molar-refractivity contribution in [2.75, 3.05) is 4.90 Å². The van der Waals surface area contributed by atoms with Crippen molar-refractivity contribution in [1.29, 1.82) is 0 Å². The van der Waals surface area contributed by atoms with Crippen LogP contribution >= 0.6 is 0 Å². The first kappa shape index (κ1) is 28.4. The largest absolute Gasteiger partial charge is 0.456 e. The molecule has 50 heavy (non-hydrogen) atoms. The van der Waals surface area contributed by atoms with Crippen LogP contribution in [0.25, 0.3) is 62.5 Å². The molecule has 10 rings (SSSR count). The lowest BCUT2D eigenvalue weighted by molar-refractivity contribution is 0.584. The monoisotopic (exact) mass is 643 g/mol. The highest BCUT2D eigenvalue weighted by molar-refractivity contribution is 5.97. The number of aromatic nitrogens is 4. The number of rotatable bonds is 5. The second-order valence-corrected chi connectivity index (χ2v) is 12.6. The molecule has 2 aliphatic rings. The molecule has 1 aliphatic carbocycles. The summed E-state index contributed by atoms with van der Waals surface area (Å²) in [5, 5.41) is 1.06. The Kier molecular flexibility index (Phi) is 6.52. The van der Waals surface area contributed by atoms with Crippen molar-refractivity contribution in [2.24, 2.45) is 0 Å². The molecule has 8 aromatic rings. The van der Waals surface area contributed by atoms with Crippen LogP contribution in [-0.4, -0.2) is 26.0 Å². The highest BCUT2D eigenvalue weighted by Crippen LogP contribution is 2.54. The number of para-hydroxylation sites is 3. The van der Waals surface area contributed by atoms with Crippen molar-refractivity contribution < 1.29 is 4.42 Å². The van der Waals surface area contributed by atoms with Gasteiger partial charge < -0.3 is 9.32 Å². The summed E-state index contributed by atoms with van der Waals surface area (Å²) < 4.78 is 6.79. The quantitative estimate of drug-likeness (QED) is 0.186. The van der Waals surface area contributed by atoms with Gasteiger partial charge in [0.05, 0.1) is 11.6 Å². The summed E-state index contributed by atoms with van der Waals surface area (Å²) in [5.74, 6) is 2.59. The van der Waals surface area contributed by atoms with Gasteiger partial charge in [0.2, 0.25) is 0 Å². The first-order valence-corrected chi connectivity index (χ1v) is 16.8. The molecule has 6 heteroatoms. The number of anilines is 2. The fourth-order valence-corrected chi connectivity index (χ4v) is 7.55. The Morgan fingerprint density at radius 2 is 1.30 bits per heavy atom. The van der Waals surface area contributed by atoms with Crippen LogP contribution in [0.2, 0.25) is 0 Å². The van der Waals surface area contributed by atoms with E-state index in [-0.39, 0.29) is 12.0 Å². The minimum atomic E-state index is 0.0987. The summed E-state index contributed by atoms with van der Waals surface area (Å²) in [6.07, 6.45) is 6.17. The van der Waals surface area contributed by atoms with Gasteiger partial charge in [-0.2, -0.15) is 0 Å². The molecule has 0 bridgehead atoms. The second-order valence-electron chi connectivity index (χ2n) is 12.6. The van der Waals surface area contributed by atoms with Crippen molar-refractivity contribution in [2.45, 2.75) is 12.0 Å². The first-order chi connectivity index (χ1) is 24.8. The van der Waals surface area contributed by atoms with Crippen LogP contribution in [0.3, 0.4) is 0 Å². The fourth-order valence-electron chi connectivity index (χ4n) is 7.55. The Bertz CT molecular complexity index is 2560. The Labute approximate surface area is 289 Å². The number of hydrogen-bond donors (Lipinski definition) is 0. The molecule has 0 amide bonds. The lowest BCUT2D eigenvalue weighted by Crippen LogP contribution is -2.30. The summed E-state index contributed by atoms with van der Waals surface area (Å²) in [6.45, 7) is 0. The van der Waals surface area contributed by atoms with Crippen LogP contribution in [0.4, 0.5) is 11.4 Å². The number of furan rings is 1. The van der Waals surface area contributed by atoms with Crippen molar-refractivity contribution in [1.82, 2.24) is 19.9 Å². The third kappa shape index (κ3) is 4.57. The van der Waals surface area contributed by atoms with E-state index in [0.29, 0.717) is 23.2 Å². The zero-order valence-electron chi connectivity index (χ0n) is 26.9. The highest BCUT2D eigenvalue weighted by Gasteiger charge is 2.43. The van der Waals surface area contributed by atoms with Gasteiger partial charge in [0.25, 0.3) is 0 Å². The van der Waals surface area contributed by atoms with Crippen molar-refractivity contribution in [3.05, 3.63) is 175 Å². The number of nitrogens with zero attached hydrogens (tertiary/aromatic N) is 5. The van der Waals surface area contributed by atoms with E-state index >= 15 is 0 Å². The Hall–Kier alpha value is -6.66. The molecule has 6 nitrogen and oxygen atoms in total. The third-order valence-electron chi connectivity index (χ3n) is 9.74. The van der Waals surface area contributed by atoms with Gasteiger partial charge in [-0.25, -0.2) is 15.0 Å². The molecule has 2 atom stereocenters.